The van der Waals surface area contributed by atoms with Gasteiger partial charge in [0.2, 0.25) is 0 Å². The summed E-state index contributed by atoms with van der Waals surface area (Å²) in [6, 6.07) is 41.1. The van der Waals surface area contributed by atoms with Gasteiger partial charge in [0.25, 0.3) is 0 Å². The number of unbranched alkanes of at least 4 members (excludes halogenated alkanes) is 3. The largest absolute Gasteiger partial charge is 2.00 e. The number of methoxy groups -OCH3 is 3. The van der Waals surface area contributed by atoms with Crippen molar-refractivity contribution >= 4 is 65.7 Å². The van der Waals surface area contributed by atoms with Gasteiger partial charge in [0.1, 0.15) is 0 Å². The molecule has 1 radical (unpaired) electrons. The van der Waals surface area contributed by atoms with Crippen LogP contribution in [0.15, 0.2) is 121 Å². The first-order valence-electron chi connectivity index (χ1n) is 22.9. The molecule has 0 N–H and O–H groups in total. The second-order valence-electron chi connectivity index (χ2n) is 16.1. The minimum absolute atomic E-state index is 0. The SMILES string of the molecule is CCCCOC.CCCCOC.CCCCOC.[Cu+2].c1ccc2c(c1)-c1nc-2nc2[n-]c(nc3nc(nc4[n-]c(n1)c1ccccc41)-c1ccccc1-3)c1cc3cc4ccccc4cc3cc21. The van der Waals surface area contributed by atoms with E-state index in [1.807, 2.05) is 72.8 Å². The number of ether oxygens (including phenoxy) is 3. The molecule has 2 aliphatic rings. The predicted molar refractivity (Wildman–Crippen MR) is 269 cm³/mol. The maximum Gasteiger partial charge on any atom is 2.00 e. The second kappa shape index (κ2) is 23.4. The Balaban J connectivity index is 0.000000301. The summed E-state index contributed by atoms with van der Waals surface area (Å²) in [5.74, 6) is 2.17. The van der Waals surface area contributed by atoms with E-state index in [1.54, 1.807) is 21.3 Å². The maximum atomic E-state index is 5.12. The average molecular weight is 941 g/mol. The molecule has 9 aromatic rings. The van der Waals surface area contributed by atoms with Crippen molar-refractivity contribution < 1.29 is 31.3 Å². The average Bonchev–Trinajstić information content (AvgIpc) is 4.09. The Labute approximate surface area is 402 Å². The van der Waals surface area contributed by atoms with Gasteiger partial charge in [-0.15, -0.1) is 0 Å². The van der Waals surface area contributed by atoms with Gasteiger partial charge in [0.15, 0.2) is 0 Å². The fourth-order valence-corrected chi connectivity index (χ4v) is 7.81. The number of hydrogen-bond acceptors (Lipinski definition) is 9. The Morgan fingerprint density at radius 2 is 0.657 bits per heavy atom. The van der Waals surface area contributed by atoms with Gasteiger partial charge in [-0.05, 0) is 86.6 Å². The van der Waals surface area contributed by atoms with Gasteiger partial charge in [-0.2, -0.15) is 0 Å². The zero-order chi connectivity index (χ0) is 45.8. The Bertz CT molecular complexity index is 3050. The standard InChI is InChI=1S/C40H20N8.3C5H12O.Cu/c1-2-10-22-18-24-20-32-31(19-23(24)17-21(22)9-1)39-46-37-29-15-7-5-13-27(29)35(44-37)42-33-25-11-3-4-12-26(25)34(41-33)43-36-28-14-6-8-16-30(28)38(45-36)47-40(32)48-39;3*1-3-4-5-6-2;/h1-20H;3*3-5H2,1-2H3;/q-2;;;;+2. The van der Waals surface area contributed by atoms with E-state index in [2.05, 4.69) is 69.3 Å². The molecule has 345 valence electrons. The van der Waals surface area contributed by atoms with Crippen molar-refractivity contribution in [2.45, 2.75) is 59.3 Å². The van der Waals surface area contributed by atoms with E-state index in [9.17, 15) is 0 Å². The molecule has 0 atom stereocenters. The van der Waals surface area contributed by atoms with Crippen LogP contribution in [0.5, 0.6) is 0 Å². The zero-order valence-electron chi connectivity index (χ0n) is 39.0. The van der Waals surface area contributed by atoms with Crippen molar-refractivity contribution in [3.05, 3.63) is 121 Å². The third-order valence-corrected chi connectivity index (χ3v) is 11.4. The van der Waals surface area contributed by atoms with E-state index < -0.39 is 0 Å². The van der Waals surface area contributed by atoms with E-state index in [0.717, 1.165) is 74.4 Å². The van der Waals surface area contributed by atoms with E-state index in [1.165, 1.54) is 49.3 Å². The van der Waals surface area contributed by atoms with Crippen LogP contribution >= 0.6 is 0 Å². The summed E-state index contributed by atoms with van der Waals surface area (Å²) >= 11 is 0. The van der Waals surface area contributed by atoms with Crippen LogP contribution in [0.4, 0.5) is 0 Å². The van der Waals surface area contributed by atoms with Crippen LogP contribution in [0.1, 0.15) is 59.3 Å². The molecule has 12 heteroatoms. The second-order valence-corrected chi connectivity index (χ2v) is 16.1. The number of aromatic nitrogens is 8. The van der Waals surface area contributed by atoms with Crippen LogP contribution in [0, 0.1) is 0 Å². The predicted octanol–water partition coefficient (Wildman–Crippen LogP) is 12.7. The Morgan fingerprint density at radius 1 is 0.358 bits per heavy atom. The zero-order valence-corrected chi connectivity index (χ0v) is 40.0. The van der Waals surface area contributed by atoms with Crippen molar-refractivity contribution in [3.8, 4) is 45.6 Å². The molecule has 11 rings (SSSR count). The van der Waals surface area contributed by atoms with Gasteiger partial charge in [-0.1, -0.05) is 137 Å². The molecule has 0 spiro atoms. The number of rotatable bonds is 9. The molecule has 0 saturated heterocycles. The number of benzene rings is 6. The number of fused-ring (bicyclic) bond motifs is 22. The van der Waals surface area contributed by atoms with Gasteiger partial charge in [-0.25, -0.2) is 9.97 Å². The minimum Gasteiger partial charge on any atom is -0.385 e. The van der Waals surface area contributed by atoms with E-state index in [0.29, 0.717) is 45.9 Å². The number of nitrogens with zero attached hydrogens (tertiary/aromatic N) is 8. The molecule has 0 fully saturated rings. The molecule has 8 bridgehead atoms. The van der Waals surface area contributed by atoms with Crippen LogP contribution < -0.4 is 9.97 Å². The minimum atomic E-state index is 0. The summed E-state index contributed by atoms with van der Waals surface area (Å²) in [5, 5.41) is 8.10. The monoisotopic (exact) mass is 939 g/mol. The molecule has 0 unspecified atom stereocenters. The van der Waals surface area contributed by atoms with E-state index in [4.69, 9.17) is 54.1 Å². The van der Waals surface area contributed by atoms with Crippen LogP contribution in [0.3, 0.4) is 0 Å². The van der Waals surface area contributed by atoms with Crippen molar-refractivity contribution in [3.63, 3.8) is 0 Å². The molecule has 0 saturated carbocycles. The van der Waals surface area contributed by atoms with Gasteiger partial charge >= 0.3 is 17.1 Å². The third kappa shape index (κ3) is 10.9. The molecule has 3 aromatic heterocycles. The summed E-state index contributed by atoms with van der Waals surface area (Å²) in [4.78, 5) is 40.2. The molecule has 67 heavy (non-hydrogen) atoms. The summed E-state index contributed by atoms with van der Waals surface area (Å²) in [6.45, 7) is 9.20. The van der Waals surface area contributed by atoms with Gasteiger partial charge in [0.05, 0.1) is 23.3 Å². The molecule has 2 aliphatic heterocycles. The Hall–Kier alpha value is -6.40. The van der Waals surface area contributed by atoms with Crippen LogP contribution in [0.25, 0.3) is 111 Å². The summed E-state index contributed by atoms with van der Waals surface area (Å²) < 4.78 is 14.3. The molecular formula is C55H56CuN8O3. The molecule has 5 heterocycles. The van der Waals surface area contributed by atoms with Crippen molar-refractivity contribution in [2.75, 3.05) is 41.2 Å². The quantitative estimate of drug-likeness (QED) is 0.0778. The summed E-state index contributed by atoms with van der Waals surface area (Å²) in [5.41, 5.74) is 5.72. The smallest absolute Gasteiger partial charge is 0.385 e. The molecule has 6 aromatic carbocycles. The van der Waals surface area contributed by atoms with Crippen LogP contribution in [0.2, 0.25) is 0 Å². The van der Waals surface area contributed by atoms with Crippen molar-refractivity contribution in [1.82, 2.24) is 39.9 Å². The normalized spacial score (nSPS) is 11.1. The van der Waals surface area contributed by atoms with E-state index >= 15 is 0 Å². The fourth-order valence-electron chi connectivity index (χ4n) is 7.81. The van der Waals surface area contributed by atoms with Crippen molar-refractivity contribution in [1.29, 1.82) is 0 Å². The first-order valence-corrected chi connectivity index (χ1v) is 22.9. The van der Waals surface area contributed by atoms with Gasteiger partial charge < -0.3 is 44.1 Å². The molecule has 0 aliphatic carbocycles. The Morgan fingerprint density at radius 3 is 0.955 bits per heavy atom. The van der Waals surface area contributed by atoms with Crippen LogP contribution in [-0.2, 0) is 31.3 Å². The molecule has 11 nitrogen and oxygen atoms in total. The van der Waals surface area contributed by atoms with Gasteiger partial charge in [-0.3, -0.25) is 0 Å². The van der Waals surface area contributed by atoms with Crippen LogP contribution in [-0.4, -0.2) is 71.1 Å². The molecule has 0 amide bonds. The summed E-state index contributed by atoms with van der Waals surface area (Å²) in [7, 11) is 5.20. The third-order valence-electron chi connectivity index (χ3n) is 11.4. The first-order chi connectivity index (χ1) is 32.5. The summed E-state index contributed by atoms with van der Waals surface area (Å²) in [6.07, 6.45) is 7.26. The fraction of sp³-hybridized carbons (Fsp3) is 0.273. The van der Waals surface area contributed by atoms with Crippen molar-refractivity contribution in [2.24, 2.45) is 0 Å². The first kappa shape index (κ1) is 48.5. The topological polar surface area (TPSA) is 133 Å². The maximum absolute atomic E-state index is 5.12. The van der Waals surface area contributed by atoms with E-state index in [-0.39, 0.29) is 17.1 Å². The molecular weight excluding hydrogens is 884 g/mol. The Kier molecular flexibility index (Phi) is 16.9. The number of hydrogen-bond donors (Lipinski definition) is 0. The van der Waals surface area contributed by atoms with Gasteiger partial charge in [0, 0.05) is 86.0 Å².